The molecule has 1 aliphatic rings. The van der Waals surface area contributed by atoms with E-state index in [2.05, 4.69) is 35.9 Å². The van der Waals surface area contributed by atoms with Crippen LogP contribution in [0.1, 0.15) is 51.8 Å². The predicted octanol–water partition coefficient (Wildman–Crippen LogP) is 4.04. The number of carbonyl (C=O) groups is 1. The maximum absolute atomic E-state index is 13.8. The van der Waals surface area contributed by atoms with Gasteiger partial charge in [0.2, 0.25) is 0 Å². The van der Waals surface area contributed by atoms with E-state index in [0.717, 1.165) is 29.9 Å². The van der Waals surface area contributed by atoms with Crippen molar-refractivity contribution in [2.75, 3.05) is 25.1 Å². The minimum absolute atomic E-state index is 0.195. The van der Waals surface area contributed by atoms with Gasteiger partial charge < -0.3 is 14.4 Å². The molecule has 3 aromatic rings. The number of fused-ring (bicyclic) bond motifs is 1. The van der Waals surface area contributed by atoms with Gasteiger partial charge in [-0.25, -0.2) is 9.79 Å². The summed E-state index contributed by atoms with van der Waals surface area (Å²) in [6, 6.07) is 14.9. The van der Waals surface area contributed by atoms with E-state index in [1.165, 1.54) is 11.3 Å². The van der Waals surface area contributed by atoms with E-state index >= 15 is 0 Å². The quantitative estimate of drug-likeness (QED) is 0.420. The van der Waals surface area contributed by atoms with E-state index in [1.54, 1.807) is 32.4 Å². The minimum Gasteiger partial charge on any atom is -0.497 e. The van der Waals surface area contributed by atoms with Gasteiger partial charge in [0.05, 0.1) is 35.1 Å². The molecule has 0 saturated heterocycles. The van der Waals surface area contributed by atoms with Crippen LogP contribution in [-0.2, 0) is 9.53 Å². The van der Waals surface area contributed by atoms with Crippen LogP contribution in [-0.4, -0.2) is 36.8 Å². The molecule has 0 amide bonds. The van der Waals surface area contributed by atoms with Crippen molar-refractivity contribution in [3.63, 3.8) is 0 Å². The molecule has 0 unspecified atom stereocenters. The number of aromatic nitrogens is 1. The van der Waals surface area contributed by atoms with Crippen molar-refractivity contribution in [3.8, 4) is 5.75 Å². The predicted molar refractivity (Wildman–Crippen MR) is 148 cm³/mol. The van der Waals surface area contributed by atoms with Gasteiger partial charge in [-0.2, -0.15) is 0 Å². The van der Waals surface area contributed by atoms with E-state index in [1.807, 2.05) is 42.5 Å². The molecule has 0 saturated carbocycles. The Morgan fingerprint density at radius 1 is 1.11 bits per heavy atom. The fraction of sp³-hybridized carbons (Fsp3) is 0.345. The van der Waals surface area contributed by atoms with Crippen LogP contribution in [0.5, 0.6) is 5.75 Å². The molecule has 0 spiro atoms. The van der Waals surface area contributed by atoms with Crippen molar-refractivity contribution in [1.82, 2.24) is 4.57 Å². The third-order valence-electron chi connectivity index (χ3n) is 6.34. The second-order valence-electron chi connectivity index (χ2n) is 9.07. The number of rotatable bonds is 8. The molecule has 2 aromatic carbocycles. The van der Waals surface area contributed by atoms with Crippen molar-refractivity contribution in [1.29, 1.82) is 0 Å². The molecule has 4 rings (SSSR count). The van der Waals surface area contributed by atoms with Crippen LogP contribution in [0, 0.1) is 0 Å². The highest BCUT2D eigenvalue weighted by Crippen LogP contribution is 2.31. The summed E-state index contributed by atoms with van der Waals surface area (Å²) in [7, 11) is 1.60. The number of thiazole rings is 1. The molecule has 37 heavy (non-hydrogen) atoms. The van der Waals surface area contributed by atoms with E-state index in [-0.39, 0.29) is 11.7 Å². The number of benzene rings is 2. The Labute approximate surface area is 221 Å². The van der Waals surface area contributed by atoms with Crippen LogP contribution < -0.4 is 24.5 Å². The number of esters is 1. The molecule has 194 valence electrons. The van der Waals surface area contributed by atoms with Gasteiger partial charge in [0, 0.05) is 18.8 Å². The number of allylic oxidation sites excluding steroid dienone is 1. The molecule has 1 aliphatic heterocycles. The van der Waals surface area contributed by atoms with E-state index in [4.69, 9.17) is 9.47 Å². The molecule has 0 radical (unpaired) electrons. The number of methoxy groups -OCH3 is 1. The second-order valence-corrected chi connectivity index (χ2v) is 10.1. The zero-order valence-corrected chi connectivity index (χ0v) is 23.0. The summed E-state index contributed by atoms with van der Waals surface area (Å²) in [5.74, 6) is 0.217. The summed E-state index contributed by atoms with van der Waals surface area (Å²) < 4.78 is 13.0. The van der Waals surface area contributed by atoms with Crippen molar-refractivity contribution >= 4 is 29.1 Å². The van der Waals surface area contributed by atoms with Gasteiger partial charge in [-0.05, 0) is 76.1 Å². The number of hydrogen-bond donors (Lipinski definition) is 0. The summed E-state index contributed by atoms with van der Waals surface area (Å²) in [5.41, 5.74) is 3.57. The zero-order chi connectivity index (χ0) is 26.7. The zero-order valence-electron chi connectivity index (χ0n) is 22.1. The Morgan fingerprint density at radius 3 is 2.32 bits per heavy atom. The first-order valence-corrected chi connectivity index (χ1v) is 13.3. The SMILES string of the molecule is CCN(CC)c1ccc(/C=c2\sc3n(c2=O)[C@@H](c2ccc(OC)cc2)C(C(=O)OC(C)C)=C(C)N=3)cc1. The fourth-order valence-electron chi connectivity index (χ4n) is 4.48. The van der Waals surface area contributed by atoms with Crippen molar-refractivity contribution in [3.05, 3.63) is 90.6 Å². The molecule has 8 heteroatoms. The van der Waals surface area contributed by atoms with Gasteiger partial charge in [0.15, 0.2) is 4.80 Å². The summed E-state index contributed by atoms with van der Waals surface area (Å²) in [4.78, 5) is 34.4. The molecular weight excluding hydrogens is 486 g/mol. The molecule has 1 atom stereocenters. The van der Waals surface area contributed by atoms with Crippen molar-refractivity contribution in [2.45, 2.75) is 46.8 Å². The smallest absolute Gasteiger partial charge is 0.338 e. The first-order valence-electron chi connectivity index (χ1n) is 12.5. The second kappa shape index (κ2) is 11.2. The summed E-state index contributed by atoms with van der Waals surface area (Å²) in [6.45, 7) is 11.5. The van der Waals surface area contributed by atoms with Crippen LogP contribution in [0.4, 0.5) is 5.69 Å². The highest BCUT2D eigenvalue weighted by atomic mass is 32.1. The maximum atomic E-state index is 13.8. The molecule has 0 bridgehead atoms. The van der Waals surface area contributed by atoms with Crippen LogP contribution in [0.2, 0.25) is 0 Å². The van der Waals surface area contributed by atoms with Crippen molar-refractivity contribution < 1.29 is 14.3 Å². The largest absolute Gasteiger partial charge is 0.497 e. The van der Waals surface area contributed by atoms with Gasteiger partial charge in [0.25, 0.3) is 5.56 Å². The monoisotopic (exact) mass is 519 g/mol. The topological polar surface area (TPSA) is 73.1 Å². The highest BCUT2D eigenvalue weighted by molar-refractivity contribution is 7.07. The Morgan fingerprint density at radius 2 is 1.76 bits per heavy atom. The summed E-state index contributed by atoms with van der Waals surface area (Å²) >= 11 is 1.32. The van der Waals surface area contributed by atoms with E-state index in [0.29, 0.717) is 26.4 Å². The summed E-state index contributed by atoms with van der Waals surface area (Å²) in [5, 5.41) is 0. The average Bonchev–Trinajstić information content (AvgIpc) is 3.18. The molecule has 0 N–H and O–H groups in total. The Kier molecular flexibility index (Phi) is 7.97. The molecule has 0 aliphatic carbocycles. The van der Waals surface area contributed by atoms with Crippen LogP contribution in [0.3, 0.4) is 0 Å². The number of ether oxygens (including phenoxy) is 2. The van der Waals surface area contributed by atoms with Gasteiger partial charge in [-0.3, -0.25) is 9.36 Å². The fourth-order valence-corrected chi connectivity index (χ4v) is 5.53. The lowest BCUT2D eigenvalue weighted by Crippen LogP contribution is -2.40. The number of anilines is 1. The molecule has 2 heterocycles. The van der Waals surface area contributed by atoms with E-state index < -0.39 is 12.0 Å². The molecule has 7 nitrogen and oxygen atoms in total. The lowest BCUT2D eigenvalue weighted by molar-refractivity contribution is -0.143. The standard InChI is InChI=1S/C29H33N3O4S/c1-7-31(8-2)22-13-9-20(10-14-22)17-24-27(33)32-26(21-11-15-23(35-6)16-12-21)25(28(34)36-18(3)4)19(5)30-29(32)37-24/h9-18,26H,7-8H2,1-6H3/b24-17-/t26-/m0/s1. The maximum Gasteiger partial charge on any atom is 0.338 e. The lowest BCUT2D eigenvalue weighted by Gasteiger charge is -2.25. The molecule has 1 aromatic heterocycles. The van der Waals surface area contributed by atoms with Crippen molar-refractivity contribution in [2.24, 2.45) is 4.99 Å². The Balaban J connectivity index is 1.84. The van der Waals surface area contributed by atoms with E-state index in [9.17, 15) is 9.59 Å². The Hall–Kier alpha value is -3.65. The number of hydrogen-bond acceptors (Lipinski definition) is 7. The Bertz CT molecular complexity index is 1480. The highest BCUT2D eigenvalue weighted by Gasteiger charge is 2.33. The first-order chi connectivity index (χ1) is 17.8. The lowest BCUT2D eigenvalue weighted by atomic mass is 9.96. The average molecular weight is 520 g/mol. The molecule has 0 fully saturated rings. The van der Waals surface area contributed by atoms with Crippen LogP contribution in [0.25, 0.3) is 6.08 Å². The number of carbonyl (C=O) groups excluding carboxylic acids is 1. The van der Waals surface area contributed by atoms with Crippen LogP contribution in [0.15, 0.2) is 69.6 Å². The van der Waals surface area contributed by atoms with Gasteiger partial charge >= 0.3 is 5.97 Å². The third-order valence-corrected chi connectivity index (χ3v) is 7.32. The first kappa shape index (κ1) is 26.4. The van der Waals surface area contributed by atoms with Gasteiger partial charge in [-0.1, -0.05) is 35.6 Å². The van der Waals surface area contributed by atoms with Crippen LogP contribution >= 0.6 is 11.3 Å². The summed E-state index contributed by atoms with van der Waals surface area (Å²) in [6.07, 6.45) is 1.58. The van der Waals surface area contributed by atoms with Gasteiger partial charge in [0.1, 0.15) is 5.75 Å². The van der Waals surface area contributed by atoms with Gasteiger partial charge in [-0.15, -0.1) is 0 Å². The third kappa shape index (κ3) is 5.39. The molecular formula is C29H33N3O4S. The number of nitrogens with zero attached hydrogens (tertiary/aromatic N) is 3. The normalized spacial score (nSPS) is 15.4. The minimum atomic E-state index is -0.652.